The second-order valence-electron chi connectivity index (χ2n) is 6.37. The summed E-state index contributed by atoms with van der Waals surface area (Å²) in [6.45, 7) is 3.68. The Balaban J connectivity index is 2.01. The number of aromatic amines is 1. The summed E-state index contributed by atoms with van der Waals surface area (Å²) in [6, 6.07) is 12.8. The molecule has 2 aromatic carbocycles. The molecule has 1 aromatic heterocycles. The molecule has 0 atom stereocenters. The van der Waals surface area contributed by atoms with E-state index in [9.17, 15) is 14.4 Å². The van der Waals surface area contributed by atoms with Gasteiger partial charge in [-0.15, -0.1) is 0 Å². The summed E-state index contributed by atoms with van der Waals surface area (Å²) in [7, 11) is 0. The average molecular weight is 384 g/mol. The van der Waals surface area contributed by atoms with Gasteiger partial charge in [0.25, 0.3) is 11.8 Å². The highest BCUT2D eigenvalue weighted by atomic mass is 35.5. The van der Waals surface area contributed by atoms with Gasteiger partial charge in [-0.25, -0.2) is 0 Å². The van der Waals surface area contributed by atoms with Crippen molar-refractivity contribution in [3.05, 3.63) is 75.0 Å². The lowest BCUT2D eigenvalue weighted by molar-refractivity contribution is 0.0944. The van der Waals surface area contributed by atoms with Gasteiger partial charge >= 0.3 is 0 Å². The normalized spacial score (nSPS) is 10.8. The zero-order valence-corrected chi connectivity index (χ0v) is 15.6. The standard InChI is InChI=1S/C20H18ClN3O3/c1-11(2)22-19(26)14-8-7-12(21)9-17(14)24-20(27)15-10-18(25)23-16-6-4-3-5-13(15)16/h3-11H,1-2H3,(H,22,26)(H,23,25)(H,24,27). The van der Waals surface area contributed by atoms with Crippen LogP contribution in [-0.2, 0) is 0 Å². The molecule has 0 fully saturated rings. The van der Waals surface area contributed by atoms with Crippen LogP contribution in [0.15, 0.2) is 53.3 Å². The van der Waals surface area contributed by atoms with Crippen LogP contribution in [0.2, 0.25) is 5.02 Å². The number of hydrogen-bond donors (Lipinski definition) is 3. The molecule has 0 saturated carbocycles. The number of amides is 2. The van der Waals surface area contributed by atoms with Gasteiger partial charge in [0.05, 0.1) is 16.8 Å². The Bertz CT molecular complexity index is 1090. The smallest absolute Gasteiger partial charge is 0.256 e. The molecule has 0 radical (unpaired) electrons. The van der Waals surface area contributed by atoms with Gasteiger partial charge in [-0.3, -0.25) is 14.4 Å². The van der Waals surface area contributed by atoms with Gasteiger partial charge < -0.3 is 15.6 Å². The minimum atomic E-state index is -0.502. The number of halogens is 1. The van der Waals surface area contributed by atoms with Crippen LogP contribution in [0.4, 0.5) is 5.69 Å². The van der Waals surface area contributed by atoms with Crippen molar-refractivity contribution >= 4 is 40.0 Å². The van der Waals surface area contributed by atoms with Crippen LogP contribution in [0.25, 0.3) is 10.9 Å². The number of para-hydroxylation sites is 1. The van der Waals surface area contributed by atoms with Crippen molar-refractivity contribution in [3.63, 3.8) is 0 Å². The van der Waals surface area contributed by atoms with Gasteiger partial charge in [-0.1, -0.05) is 29.8 Å². The van der Waals surface area contributed by atoms with Gasteiger partial charge in [-0.2, -0.15) is 0 Å². The van der Waals surface area contributed by atoms with Crippen molar-refractivity contribution < 1.29 is 9.59 Å². The first-order valence-corrected chi connectivity index (χ1v) is 8.77. The average Bonchev–Trinajstić information content (AvgIpc) is 2.60. The summed E-state index contributed by atoms with van der Waals surface area (Å²) in [4.78, 5) is 39.8. The molecule has 7 heteroatoms. The molecule has 0 aliphatic rings. The number of rotatable bonds is 4. The highest BCUT2D eigenvalue weighted by molar-refractivity contribution is 6.31. The molecule has 138 valence electrons. The first kappa shape index (κ1) is 18.7. The van der Waals surface area contributed by atoms with Crippen LogP contribution >= 0.6 is 11.6 Å². The fourth-order valence-electron chi connectivity index (χ4n) is 2.74. The number of fused-ring (bicyclic) bond motifs is 1. The van der Waals surface area contributed by atoms with Gasteiger partial charge in [0, 0.05) is 28.0 Å². The Morgan fingerprint density at radius 2 is 1.74 bits per heavy atom. The quantitative estimate of drug-likeness (QED) is 0.643. The van der Waals surface area contributed by atoms with Gasteiger partial charge in [0.15, 0.2) is 0 Å². The summed E-state index contributed by atoms with van der Waals surface area (Å²) in [5.74, 6) is -0.828. The van der Waals surface area contributed by atoms with Crippen molar-refractivity contribution in [3.8, 4) is 0 Å². The van der Waals surface area contributed by atoms with E-state index in [1.807, 2.05) is 13.8 Å². The molecule has 0 aliphatic heterocycles. The fourth-order valence-corrected chi connectivity index (χ4v) is 2.91. The second kappa shape index (κ2) is 7.63. The van der Waals surface area contributed by atoms with Gasteiger partial charge in [0.2, 0.25) is 5.56 Å². The number of aromatic nitrogens is 1. The number of H-pyrrole nitrogens is 1. The van der Waals surface area contributed by atoms with Crippen LogP contribution < -0.4 is 16.2 Å². The lowest BCUT2D eigenvalue weighted by atomic mass is 10.1. The van der Waals surface area contributed by atoms with E-state index < -0.39 is 5.91 Å². The minimum absolute atomic E-state index is 0.0617. The van der Waals surface area contributed by atoms with Crippen LogP contribution in [0.3, 0.4) is 0 Å². The largest absolute Gasteiger partial charge is 0.350 e. The van der Waals surface area contributed by atoms with E-state index in [2.05, 4.69) is 15.6 Å². The molecule has 0 unspecified atom stereocenters. The van der Waals surface area contributed by atoms with Crippen LogP contribution in [0, 0.1) is 0 Å². The van der Waals surface area contributed by atoms with E-state index >= 15 is 0 Å². The zero-order valence-electron chi connectivity index (χ0n) is 14.8. The van der Waals surface area contributed by atoms with E-state index in [4.69, 9.17) is 11.6 Å². The minimum Gasteiger partial charge on any atom is -0.350 e. The molecule has 3 aromatic rings. The summed E-state index contributed by atoms with van der Waals surface area (Å²) in [5, 5.41) is 6.47. The predicted octanol–water partition coefficient (Wildman–Crippen LogP) is 3.57. The predicted molar refractivity (Wildman–Crippen MR) is 107 cm³/mol. The van der Waals surface area contributed by atoms with E-state index in [0.717, 1.165) is 0 Å². The zero-order chi connectivity index (χ0) is 19.6. The summed E-state index contributed by atoms with van der Waals surface area (Å²) < 4.78 is 0. The third kappa shape index (κ3) is 4.17. The Kier molecular flexibility index (Phi) is 5.28. The number of hydrogen-bond acceptors (Lipinski definition) is 3. The van der Waals surface area contributed by atoms with Crippen molar-refractivity contribution in [2.75, 3.05) is 5.32 Å². The SMILES string of the molecule is CC(C)NC(=O)c1ccc(Cl)cc1NC(=O)c1cc(=O)[nH]c2ccccc12. The maximum absolute atomic E-state index is 12.8. The molecular formula is C20H18ClN3O3. The maximum atomic E-state index is 12.8. The number of carbonyl (C=O) groups excluding carboxylic acids is 2. The monoisotopic (exact) mass is 383 g/mol. The summed E-state index contributed by atoms with van der Waals surface area (Å²) in [5.41, 5.74) is 0.942. The summed E-state index contributed by atoms with van der Waals surface area (Å²) in [6.07, 6.45) is 0. The molecule has 3 rings (SSSR count). The fraction of sp³-hybridized carbons (Fsp3) is 0.150. The molecule has 3 N–H and O–H groups in total. The molecule has 0 bridgehead atoms. The van der Waals surface area contributed by atoms with Crippen molar-refractivity contribution in [1.82, 2.24) is 10.3 Å². The molecule has 1 heterocycles. The summed E-state index contributed by atoms with van der Waals surface area (Å²) >= 11 is 6.04. The van der Waals surface area contributed by atoms with Gasteiger partial charge in [0.1, 0.15) is 0 Å². The Labute approximate surface area is 160 Å². The number of benzene rings is 2. The van der Waals surface area contributed by atoms with Crippen LogP contribution in [-0.4, -0.2) is 22.8 Å². The van der Waals surface area contributed by atoms with Gasteiger partial charge in [-0.05, 0) is 38.1 Å². The van der Waals surface area contributed by atoms with Crippen molar-refractivity contribution in [1.29, 1.82) is 0 Å². The molecule has 0 aliphatic carbocycles. The maximum Gasteiger partial charge on any atom is 0.256 e. The molecule has 2 amide bonds. The highest BCUT2D eigenvalue weighted by Gasteiger charge is 2.17. The lowest BCUT2D eigenvalue weighted by Crippen LogP contribution is -2.31. The lowest BCUT2D eigenvalue weighted by Gasteiger charge is -2.14. The van der Waals surface area contributed by atoms with Crippen molar-refractivity contribution in [2.45, 2.75) is 19.9 Å². The molecule has 6 nitrogen and oxygen atoms in total. The van der Waals surface area contributed by atoms with E-state index in [1.54, 1.807) is 36.4 Å². The molecule has 0 saturated heterocycles. The first-order valence-electron chi connectivity index (χ1n) is 8.39. The number of anilines is 1. The Hall–Kier alpha value is -3.12. The topological polar surface area (TPSA) is 91.1 Å². The number of pyridine rings is 1. The van der Waals surface area contributed by atoms with E-state index in [-0.39, 0.29) is 34.3 Å². The Morgan fingerprint density at radius 1 is 1.00 bits per heavy atom. The molecule has 27 heavy (non-hydrogen) atoms. The first-order chi connectivity index (χ1) is 12.8. The number of nitrogens with one attached hydrogen (secondary N) is 3. The van der Waals surface area contributed by atoms with E-state index in [0.29, 0.717) is 15.9 Å². The highest BCUT2D eigenvalue weighted by Crippen LogP contribution is 2.23. The number of carbonyl (C=O) groups is 2. The molecular weight excluding hydrogens is 366 g/mol. The molecule has 0 spiro atoms. The second-order valence-corrected chi connectivity index (χ2v) is 6.80. The third-order valence-electron chi connectivity index (χ3n) is 3.89. The van der Waals surface area contributed by atoms with Crippen LogP contribution in [0.5, 0.6) is 0 Å². The van der Waals surface area contributed by atoms with Crippen molar-refractivity contribution in [2.24, 2.45) is 0 Å². The van der Waals surface area contributed by atoms with Crippen LogP contribution in [0.1, 0.15) is 34.6 Å². The Morgan fingerprint density at radius 3 is 2.48 bits per heavy atom. The third-order valence-corrected chi connectivity index (χ3v) is 4.12. The van der Waals surface area contributed by atoms with E-state index in [1.165, 1.54) is 12.1 Å².